The fourth-order valence-electron chi connectivity index (χ4n) is 4.15. The normalized spacial score (nSPS) is 29.7. The Morgan fingerprint density at radius 1 is 0.905 bits per heavy atom. The third kappa shape index (κ3) is 2.86. The number of hydrogen-bond acceptors (Lipinski definition) is 0. The van der Waals surface area contributed by atoms with Gasteiger partial charge in [0.1, 0.15) is 0 Å². The summed E-state index contributed by atoms with van der Waals surface area (Å²) in [6, 6.07) is 0. The topological polar surface area (TPSA) is 0 Å². The van der Waals surface area contributed by atoms with E-state index in [0.717, 1.165) is 6.42 Å². The molecule has 0 amide bonds. The average Bonchev–Trinajstić information content (AvgIpc) is 2.68. The first-order valence-corrected chi connectivity index (χ1v) is 8.41. The Hall–Kier alpha value is -1.30. The Bertz CT molecular complexity index is 532. The lowest BCUT2D eigenvalue weighted by Crippen LogP contribution is -2.29. The summed E-state index contributed by atoms with van der Waals surface area (Å²) in [5.41, 5.74) is 6.34. The molecule has 2 atom stereocenters. The van der Waals surface area contributed by atoms with Gasteiger partial charge in [0, 0.05) is 11.8 Å². The van der Waals surface area contributed by atoms with Crippen LogP contribution in [0.3, 0.4) is 0 Å². The van der Waals surface area contributed by atoms with E-state index in [1.807, 2.05) is 0 Å². The molecular weight excluding hydrogens is 252 g/mol. The summed E-state index contributed by atoms with van der Waals surface area (Å²) in [6.45, 7) is 13.8. The minimum absolute atomic E-state index is 0.544. The fourth-order valence-corrected chi connectivity index (χ4v) is 4.15. The third-order valence-corrected chi connectivity index (χ3v) is 4.90. The molecule has 0 aliphatic heterocycles. The molecule has 0 fully saturated rings. The van der Waals surface area contributed by atoms with Crippen molar-refractivity contribution in [3.05, 3.63) is 58.7 Å². The Balaban J connectivity index is 2.71. The first kappa shape index (κ1) is 16.1. The van der Waals surface area contributed by atoms with Crippen molar-refractivity contribution in [2.75, 3.05) is 0 Å². The summed E-state index contributed by atoms with van der Waals surface area (Å²) in [5.74, 6) is 2.39. The minimum atomic E-state index is 0.544. The smallest absolute Gasteiger partial charge is 0.0112 e. The summed E-state index contributed by atoms with van der Waals surface area (Å²) >= 11 is 0. The quantitative estimate of drug-likeness (QED) is 0.561. The van der Waals surface area contributed by atoms with E-state index in [-0.39, 0.29) is 0 Å². The molecule has 2 unspecified atom stereocenters. The lowest BCUT2D eigenvalue weighted by molar-refractivity contribution is 0.427. The van der Waals surface area contributed by atoms with E-state index >= 15 is 0 Å². The van der Waals surface area contributed by atoms with Gasteiger partial charge < -0.3 is 0 Å². The van der Waals surface area contributed by atoms with Crippen LogP contribution in [0.25, 0.3) is 0 Å². The van der Waals surface area contributed by atoms with E-state index in [1.165, 1.54) is 0 Å². The molecule has 2 aliphatic carbocycles. The van der Waals surface area contributed by atoms with E-state index in [0.29, 0.717) is 23.7 Å². The molecule has 2 aliphatic rings. The Morgan fingerprint density at radius 3 is 2.00 bits per heavy atom. The van der Waals surface area contributed by atoms with Crippen LogP contribution < -0.4 is 0 Å². The van der Waals surface area contributed by atoms with Crippen LogP contribution in [0.2, 0.25) is 0 Å². The van der Waals surface area contributed by atoms with E-state index in [2.05, 4.69) is 78.0 Å². The van der Waals surface area contributed by atoms with Crippen molar-refractivity contribution in [1.29, 1.82) is 0 Å². The van der Waals surface area contributed by atoms with Gasteiger partial charge in [0.25, 0.3) is 0 Å². The molecule has 0 aromatic heterocycles. The van der Waals surface area contributed by atoms with Crippen molar-refractivity contribution in [1.82, 2.24) is 0 Å². The monoisotopic (exact) mass is 282 g/mol. The maximum atomic E-state index is 2.37. The lowest BCUT2D eigenvalue weighted by Gasteiger charge is -2.41. The molecule has 0 aromatic carbocycles. The van der Waals surface area contributed by atoms with E-state index in [9.17, 15) is 0 Å². The van der Waals surface area contributed by atoms with Gasteiger partial charge in [-0.3, -0.25) is 0 Å². The first-order chi connectivity index (χ1) is 10.0. The lowest BCUT2D eigenvalue weighted by atomic mass is 9.63. The van der Waals surface area contributed by atoms with Crippen molar-refractivity contribution in [3.8, 4) is 0 Å². The molecule has 0 saturated carbocycles. The van der Waals surface area contributed by atoms with Crippen molar-refractivity contribution >= 4 is 0 Å². The third-order valence-electron chi connectivity index (χ3n) is 4.90. The summed E-state index contributed by atoms with van der Waals surface area (Å²) in [5, 5.41) is 0. The first-order valence-electron chi connectivity index (χ1n) is 8.41. The highest BCUT2D eigenvalue weighted by Crippen LogP contribution is 2.49. The van der Waals surface area contributed by atoms with Gasteiger partial charge in [0.15, 0.2) is 0 Å². The van der Waals surface area contributed by atoms with Crippen LogP contribution in [-0.4, -0.2) is 0 Å². The molecule has 0 radical (unpaired) electrons. The molecular formula is C21H30. The van der Waals surface area contributed by atoms with E-state index in [1.54, 1.807) is 22.3 Å². The van der Waals surface area contributed by atoms with Crippen LogP contribution in [-0.2, 0) is 0 Å². The van der Waals surface area contributed by atoms with Crippen LogP contribution in [0, 0.1) is 23.7 Å². The van der Waals surface area contributed by atoms with Gasteiger partial charge in [-0.05, 0) is 48.8 Å². The largest absolute Gasteiger partial charge is 0.0835 e. The molecule has 0 nitrogen and oxygen atoms in total. The second-order valence-electron chi connectivity index (χ2n) is 6.90. The predicted octanol–water partition coefficient (Wildman–Crippen LogP) is 6.25. The van der Waals surface area contributed by atoms with Crippen molar-refractivity contribution in [2.45, 2.75) is 48.0 Å². The number of rotatable bonds is 2. The van der Waals surface area contributed by atoms with Gasteiger partial charge >= 0.3 is 0 Å². The fraction of sp³-hybridized carbons (Fsp3) is 0.524. The standard InChI is InChI=1S/C21H30/c1-7-16-17(8-2)21(15(5)6)19-13-11-9-10-12-18(19)20(16)14(3)4/h7-12,14-15,20-21H,13H2,1-6H3/b16-7+,17-8+. The summed E-state index contributed by atoms with van der Waals surface area (Å²) < 4.78 is 0. The summed E-state index contributed by atoms with van der Waals surface area (Å²) in [4.78, 5) is 0. The molecule has 0 bridgehead atoms. The van der Waals surface area contributed by atoms with Crippen LogP contribution in [0.15, 0.2) is 58.7 Å². The minimum Gasteiger partial charge on any atom is -0.0835 e. The Kier molecular flexibility index (Phi) is 5.08. The molecule has 21 heavy (non-hydrogen) atoms. The molecule has 0 aromatic rings. The van der Waals surface area contributed by atoms with Crippen molar-refractivity contribution < 1.29 is 0 Å². The molecule has 0 heterocycles. The highest BCUT2D eigenvalue weighted by Gasteiger charge is 2.37. The SMILES string of the molecule is C/C=C1\C(=C/C)C(C(C)C)C2=C(C=CC=CC2)C1C(C)C. The van der Waals surface area contributed by atoms with Crippen molar-refractivity contribution in [2.24, 2.45) is 23.7 Å². The molecule has 114 valence electrons. The zero-order valence-corrected chi connectivity index (χ0v) is 14.5. The average molecular weight is 282 g/mol. The van der Waals surface area contributed by atoms with Crippen molar-refractivity contribution in [3.63, 3.8) is 0 Å². The predicted molar refractivity (Wildman–Crippen MR) is 94.1 cm³/mol. The number of hydrogen-bond donors (Lipinski definition) is 0. The van der Waals surface area contributed by atoms with Gasteiger partial charge in [-0.1, -0.05) is 69.7 Å². The van der Waals surface area contributed by atoms with E-state index < -0.39 is 0 Å². The zero-order chi connectivity index (χ0) is 15.6. The Labute approximate surface area is 131 Å². The highest BCUT2D eigenvalue weighted by atomic mass is 14.4. The zero-order valence-electron chi connectivity index (χ0n) is 14.5. The van der Waals surface area contributed by atoms with Gasteiger partial charge in [0.2, 0.25) is 0 Å². The highest BCUT2D eigenvalue weighted by molar-refractivity contribution is 5.54. The molecule has 0 spiro atoms. The van der Waals surface area contributed by atoms with E-state index in [4.69, 9.17) is 0 Å². The summed E-state index contributed by atoms with van der Waals surface area (Å²) in [7, 11) is 0. The van der Waals surface area contributed by atoms with Crippen LogP contribution in [0.1, 0.15) is 48.0 Å². The maximum absolute atomic E-state index is 2.37. The second-order valence-corrected chi connectivity index (χ2v) is 6.90. The van der Waals surface area contributed by atoms with Crippen LogP contribution in [0.4, 0.5) is 0 Å². The van der Waals surface area contributed by atoms with Gasteiger partial charge in [-0.2, -0.15) is 0 Å². The maximum Gasteiger partial charge on any atom is 0.0112 e. The molecule has 0 N–H and O–H groups in total. The van der Waals surface area contributed by atoms with Gasteiger partial charge in [-0.15, -0.1) is 0 Å². The van der Waals surface area contributed by atoms with Crippen LogP contribution in [0.5, 0.6) is 0 Å². The second kappa shape index (κ2) is 6.64. The summed E-state index contributed by atoms with van der Waals surface area (Å²) in [6.07, 6.45) is 14.9. The van der Waals surface area contributed by atoms with Gasteiger partial charge in [0.05, 0.1) is 0 Å². The number of allylic oxidation sites excluding steroid dienone is 10. The Morgan fingerprint density at radius 2 is 1.48 bits per heavy atom. The van der Waals surface area contributed by atoms with Gasteiger partial charge in [-0.25, -0.2) is 0 Å². The van der Waals surface area contributed by atoms with Crippen LogP contribution >= 0.6 is 0 Å². The molecule has 0 saturated heterocycles. The molecule has 0 heteroatoms. The molecule has 2 rings (SSSR count).